The van der Waals surface area contributed by atoms with Crippen LogP contribution in [0.2, 0.25) is 0 Å². The second-order valence-electron chi connectivity index (χ2n) is 8.15. The molecule has 21 heavy (non-hydrogen) atoms. The van der Waals surface area contributed by atoms with E-state index in [1.165, 1.54) is 5.75 Å². The van der Waals surface area contributed by atoms with Gasteiger partial charge in [0.1, 0.15) is 0 Å². The molecule has 2 aliphatic heterocycles. The fraction of sp³-hybridized carbons (Fsp3) is 0.941. The van der Waals surface area contributed by atoms with Crippen LogP contribution >= 0.6 is 11.8 Å². The average Bonchev–Trinajstić information content (AvgIpc) is 2.87. The Labute approximate surface area is 132 Å². The van der Waals surface area contributed by atoms with Gasteiger partial charge in [0.05, 0.1) is 11.0 Å². The molecule has 0 bridgehead atoms. The van der Waals surface area contributed by atoms with E-state index < -0.39 is 11.4 Å². The molecule has 2 saturated heterocycles. The minimum Gasteiger partial charge on any atom is -0.481 e. The quantitative estimate of drug-likeness (QED) is 0.838. The fourth-order valence-corrected chi connectivity index (χ4v) is 5.91. The highest BCUT2D eigenvalue weighted by Crippen LogP contribution is 2.54. The van der Waals surface area contributed by atoms with E-state index in [0.717, 1.165) is 57.3 Å². The minimum atomic E-state index is -0.550. The Balaban J connectivity index is 1.79. The average molecular weight is 312 g/mol. The zero-order chi connectivity index (χ0) is 15.1. The summed E-state index contributed by atoms with van der Waals surface area (Å²) in [6.07, 6.45) is 6.78. The van der Waals surface area contributed by atoms with Gasteiger partial charge in [-0.15, -0.1) is 0 Å². The first-order valence-electron chi connectivity index (χ1n) is 8.33. The Morgan fingerprint density at radius 1 is 1.19 bits per heavy atom. The van der Waals surface area contributed by atoms with Crippen molar-refractivity contribution in [3.8, 4) is 0 Å². The molecular formula is C17H28O3S. The van der Waals surface area contributed by atoms with Crippen molar-refractivity contribution in [3.05, 3.63) is 0 Å². The first kappa shape index (κ1) is 15.7. The standard InChI is InChI=1S/C17H28O3S/c1-15(2)4-6-17(7-5-15,14(18)19)13-3-9-20-16(11-13)8-10-21-12-16/h13H,3-12H2,1-2H3,(H,18,19). The van der Waals surface area contributed by atoms with Crippen molar-refractivity contribution < 1.29 is 14.6 Å². The predicted molar refractivity (Wildman–Crippen MR) is 85.7 cm³/mol. The molecule has 0 radical (unpaired) electrons. The summed E-state index contributed by atoms with van der Waals surface area (Å²) in [4.78, 5) is 12.1. The normalized spacial score (nSPS) is 38.5. The van der Waals surface area contributed by atoms with E-state index in [2.05, 4.69) is 13.8 Å². The lowest BCUT2D eigenvalue weighted by Gasteiger charge is -2.49. The van der Waals surface area contributed by atoms with Gasteiger partial charge in [-0.05, 0) is 62.0 Å². The van der Waals surface area contributed by atoms with Crippen LogP contribution in [0.3, 0.4) is 0 Å². The first-order valence-corrected chi connectivity index (χ1v) is 9.48. The molecule has 2 heterocycles. The van der Waals surface area contributed by atoms with E-state index in [-0.39, 0.29) is 5.60 Å². The van der Waals surface area contributed by atoms with Crippen LogP contribution in [0.5, 0.6) is 0 Å². The summed E-state index contributed by atoms with van der Waals surface area (Å²) < 4.78 is 6.10. The number of carboxylic acids is 1. The van der Waals surface area contributed by atoms with Crippen molar-refractivity contribution in [1.29, 1.82) is 0 Å². The maximum Gasteiger partial charge on any atom is 0.309 e. The molecule has 1 N–H and O–H groups in total. The fourth-order valence-electron chi connectivity index (χ4n) is 4.53. The highest BCUT2D eigenvalue weighted by molar-refractivity contribution is 7.99. The Hall–Kier alpha value is -0.220. The third-order valence-electron chi connectivity index (χ3n) is 6.26. The van der Waals surface area contributed by atoms with E-state index in [1.54, 1.807) is 0 Å². The highest BCUT2D eigenvalue weighted by Gasteiger charge is 2.53. The van der Waals surface area contributed by atoms with Crippen LogP contribution in [-0.2, 0) is 9.53 Å². The molecule has 3 rings (SSSR count). The lowest BCUT2D eigenvalue weighted by molar-refractivity contribution is -0.167. The molecule has 2 unspecified atom stereocenters. The van der Waals surface area contributed by atoms with Crippen molar-refractivity contribution in [2.75, 3.05) is 18.1 Å². The first-order chi connectivity index (χ1) is 9.88. The summed E-state index contributed by atoms with van der Waals surface area (Å²) in [5.41, 5.74) is -0.187. The van der Waals surface area contributed by atoms with Crippen molar-refractivity contribution in [2.24, 2.45) is 16.7 Å². The third kappa shape index (κ3) is 2.86. The second-order valence-corrected chi connectivity index (χ2v) is 9.25. The maximum atomic E-state index is 12.1. The third-order valence-corrected chi connectivity index (χ3v) is 7.49. The number of ether oxygens (including phenoxy) is 1. The molecule has 3 aliphatic rings. The number of hydrogen-bond acceptors (Lipinski definition) is 3. The van der Waals surface area contributed by atoms with Crippen molar-refractivity contribution in [2.45, 2.75) is 64.4 Å². The Morgan fingerprint density at radius 3 is 2.48 bits per heavy atom. The van der Waals surface area contributed by atoms with Crippen molar-refractivity contribution in [1.82, 2.24) is 0 Å². The van der Waals surface area contributed by atoms with Gasteiger partial charge in [-0.1, -0.05) is 13.8 Å². The van der Waals surface area contributed by atoms with E-state index in [0.29, 0.717) is 11.3 Å². The molecule has 120 valence electrons. The Kier molecular flexibility index (Phi) is 4.07. The van der Waals surface area contributed by atoms with Gasteiger partial charge in [-0.25, -0.2) is 0 Å². The molecule has 1 spiro atoms. The van der Waals surface area contributed by atoms with Crippen LogP contribution < -0.4 is 0 Å². The zero-order valence-corrected chi connectivity index (χ0v) is 14.1. The molecule has 1 saturated carbocycles. The van der Waals surface area contributed by atoms with Crippen LogP contribution in [-0.4, -0.2) is 34.8 Å². The second kappa shape index (κ2) is 5.45. The smallest absolute Gasteiger partial charge is 0.309 e. The van der Waals surface area contributed by atoms with Gasteiger partial charge in [0.25, 0.3) is 0 Å². The molecule has 4 heteroatoms. The summed E-state index contributed by atoms with van der Waals surface area (Å²) in [5, 5.41) is 10.00. The minimum absolute atomic E-state index is 0.0109. The van der Waals surface area contributed by atoms with E-state index in [9.17, 15) is 9.90 Å². The molecule has 0 aromatic rings. The highest BCUT2D eigenvalue weighted by atomic mass is 32.2. The molecule has 3 fully saturated rings. The van der Waals surface area contributed by atoms with Crippen LogP contribution in [0.15, 0.2) is 0 Å². The van der Waals surface area contributed by atoms with E-state index in [4.69, 9.17) is 4.74 Å². The van der Waals surface area contributed by atoms with E-state index in [1.807, 2.05) is 11.8 Å². The number of carbonyl (C=O) groups is 1. The Bertz CT molecular complexity index is 402. The predicted octanol–water partition coefficient (Wildman–Crippen LogP) is 3.96. The van der Waals surface area contributed by atoms with Gasteiger partial charge in [-0.2, -0.15) is 11.8 Å². The topological polar surface area (TPSA) is 46.5 Å². The molecule has 0 amide bonds. The van der Waals surface area contributed by atoms with Gasteiger partial charge in [-0.3, -0.25) is 4.79 Å². The lowest BCUT2D eigenvalue weighted by atomic mass is 9.57. The van der Waals surface area contributed by atoms with Gasteiger partial charge < -0.3 is 9.84 Å². The number of hydrogen-bond donors (Lipinski definition) is 1. The van der Waals surface area contributed by atoms with Crippen LogP contribution in [0, 0.1) is 16.7 Å². The largest absolute Gasteiger partial charge is 0.481 e. The number of thioether (sulfide) groups is 1. The Morgan fingerprint density at radius 2 is 1.90 bits per heavy atom. The summed E-state index contributed by atoms with van der Waals surface area (Å²) in [6.45, 7) is 5.30. The SMILES string of the molecule is CC1(C)CCC(C(=O)O)(C2CCOC3(CCSC3)C2)CC1. The molecule has 0 aromatic heterocycles. The van der Waals surface area contributed by atoms with Gasteiger partial charge in [0, 0.05) is 12.4 Å². The number of rotatable bonds is 2. The molecule has 3 nitrogen and oxygen atoms in total. The molecule has 1 aliphatic carbocycles. The summed E-state index contributed by atoms with van der Waals surface area (Å²) in [6, 6.07) is 0. The molecular weight excluding hydrogens is 284 g/mol. The van der Waals surface area contributed by atoms with Crippen LogP contribution in [0.4, 0.5) is 0 Å². The van der Waals surface area contributed by atoms with Crippen LogP contribution in [0.25, 0.3) is 0 Å². The van der Waals surface area contributed by atoms with Gasteiger partial charge in [0.2, 0.25) is 0 Å². The van der Waals surface area contributed by atoms with Gasteiger partial charge >= 0.3 is 5.97 Å². The maximum absolute atomic E-state index is 12.1. The van der Waals surface area contributed by atoms with Gasteiger partial charge in [0.15, 0.2) is 0 Å². The van der Waals surface area contributed by atoms with Crippen LogP contribution in [0.1, 0.15) is 58.8 Å². The van der Waals surface area contributed by atoms with Crippen molar-refractivity contribution >= 4 is 17.7 Å². The zero-order valence-electron chi connectivity index (χ0n) is 13.3. The lowest BCUT2D eigenvalue weighted by Crippen LogP contribution is -2.50. The molecule has 2 atom stereocenters. The summed E-state index contributed by atoms with van der Waals surface area (Å²) in [5.74, 6) is 1.98. The number of carboxylic acid groups (broad SMARTS) is 1. The summed E-state index contributed by atoms with van der Waals surface area (Å²) in [7, 11) is 0. The summed E-state index contributed by atoms with van der Waals surface area (Å²) >= 11 is 1.96. The molecule has 0 aromatic carbocycles. The monoisotopic (exact) mass is 312 g/mol. The number of aliphatic carboxylic acids is 1. The van der Waals surface area contributed by atoms with Crippen molar-refractivity contribution in [3.63, 3.8) is 0 Å². The van der Waals surface area contributed by atoms with E-state index >= 15 is 0 Å².